The van der Waals surface area contributed by atoms with Crippen molar-refractivity contribution in [3.63, 3.8) is 0 Å². The van der Waals surface area contributed by atoms with E-state index in [0.29, 0.717) is 10.9 Å². The highest BCUT2D eigenvalue weighted by atomic mass is 35.5. The Morgan fingerprint density at radius 1 is 1.47 bits per heavy atom. The lowest BCUT2D eigenvalue weighted by molar-refractivity contribution is 0.0753. The van der Waals surface area contributed by atoms with Gasteiger partial charge in [-0.1, -0.05) is 11.6 Å². The van der Waals surface area contributed by atoms with Crippen molar-refractivity contribution in [2.75, 3.05) is 7.11 Å². The van der Waals surface area contributed by atoms with Crippen LogP contribution in [0.5, 0.6) is 0 Å². The van der Waals surface area contributed by atoms with Gasteiger partial charge in [-0.3, -0.25) is 0 Å². The molecule has 1 saturated carbocycles. The van der Waals surface area contributed by atoms with E-state index in [2.05, 4.69) is 14.5 Å². The zero-order valence-corrected chi connectivity index (χ0v) is 12.2. The minimum absolute atomic E-state index is 0.205. The molecule has 0 radical (unpaired) electrons. The zero-order valence-electron chi connectivity index (χ0n) is 10.6. The van der Waals surface area contributed by atoms with Crippen LogP contribution < -0.4 is 0 Å². The number of halogens is 2. The normalized spacial score (nSPS) is 23.3. The number of alkyl halides is 1. The first-order valence-electron chi connectivity index (χ1n) is 6.35. The SMILES string of the molecule is COC1CCCC1n1c(CCl)nc2cc(Cl)cnc21. The van der Waals surface area contributed by atoms with E-state index in [1.165, 1.54) is 0 Å². The molecule has 0 amide bonds. The molecule has 0 N–H and O–H groups in total. The molecule has 102 valence electrons. The Morgan fingerprint density at radius 3 is 3.05 bits per heavy atom. The number of nitrogens with zero attached hydrogens (tertiary/aromatic N) is 3. The van der Waals surface area contributed by atoms with E-state index in [1.807, 2.05) is 6.07 Å². The molecule has 1 fully saturated rings. The van der Waals surface area contributed by atoms with Gasteiger partial charge in [-0.05, 0) is 25.3 Å². The van der Waals surface area contributed by atoms with Gasteiger partial charge in [-0.25, -0.2) is 9.97 Å². The molecule has 2 atom stereocenters. The van der Waals surface area contributed by atoms with Gasteiger partial charge in [0, 0.05) is 13.3 Å². The fraction of sp³-hybridized carbons (Fsp3) is 0.538. The minimum Gasteiger partial charge on any atom is -0.379 e. The van der Waals surface area contributed by atoms with E-state index in [-0.39, 0.29) is 12.1 Å². The summed E-state index contributed by atoms with van der Waals surface area (Å²) in [4.78, 5) is 8.95. The maximum atomic E-state index is 6.03. The first-order chi connectivity index (χ1) is 9.24. The molecule has 0 spiro atoms. The largest absolute Gasteiger partial charge is 0.379 e. The number of methoxy groups -OCH3 is 1. The van der Waals surface area contributed by atoms with Gasteiger partial charge < -0.3 is 9.30 Å². The van der Waals surface area contributed by atoms with Crippen molar-refractivity contribution >= 4 is 34.4 Å². The van der Waals surface area contributed by atoms with Crippen molar-refractivity contribution in [3.8, 4) is 0 Å². The average molecular weight is 300 g/mol. The molecule has 0 aliphatic heterocycles. The minimum atomic E-state index is 0.205. The Morgan fingerprint density at radius 2 is 2.32 bits per heavy atom. The van der Waals surface area contributed by atoms with E-state index in [4.69, 9.17) is 27.9 Å². The number of hydrogen-bond acceptors (Lipinski definition) is 3. The average Bonchev–Trinajstić information content (AvgIpc) is 3.00. The number of aromatic nitrogens is 3. The van der Waals surface area contributed by atoms with E-state index < -0.39 is 0 Å². The summed E-state index contributed by atoms with van der Waals surface area (Å²) in [5.41, 5.74) is 1.64. The lowest BCUT2D eigenvalue weighted by atomic mass is 10.2. The number of fused-ring (bicyclic) bond motifs is 1. The molecule has 4 nitrogen and oxygen atoms in total. The monoisotopic (exact) mass is 299 g/mol. The van der Waals surface area contributed by atoms with Crippen LogP contribution in [0.2, 0.25) is 5.02 Å². The predicted molar refractivity (Wildman–Crippen MR) is 75.8 cm³/mol. The van der Waals surface area contributed by atoms with Gasteiger partial charge in [0.1, 0.15) is 11.3 Å². The summed E-state index contributed by atoms with van der Waals surface area (Å²) < 4.78 is 7.70. The van der Waals surface area contributed by atoms with Crippen molar-refractivity contribution in [1.82, 2.24) is 14.5 Å². The first-order valence-corrected chi connectivity index (χ1v) is 7.27. The van der Waals surface area contributed by atoms with Gasteiger partial charge in [0.25, 0.3) is 0 Å². The molecular formula is C13H15Cl2N3O. The Balaban J connectivity index is 2.15. The standard InChI is InChI=1S/C13H15Cl2N3O/c1-19-11-4-2-3-10(11)18-12(6-14)17-9-5-8(15)7-16-13(9)18/h5,7,10-11H,2-4,6H2,1H3. The molecule has 2 aromatic heterocycles. The quantitative estimate of drug-likeness (QED) is 0.814. The van der Waals surface area contributed by atoms with Crippen molar-refractivity contribution in [1.29, 1.82) is 0 Å². The molecule has 1 aliphatic rings. The summed E-state index contributed by atoms with van der Waals surface area (Å²) in [7, 11) is 1.76. The number of rotatable bonds is 3. The number of imidazole rings is 1. The summed E-state index contributed by atoms with van der Waals surface area (Å²) in [6.45, 7) is 0. The summed E-state index contributed by atoms with van der Waals surface area (Å²) in [5.74, 6) is 1.20. The van der Waals surface area contributed by atoms with Crippen molar-refractivity contribution in [2.45, 2.75) is 37.3 Å². The highest BCUT2D eigenvalue weighted by Crippen LogP contribution is 2.35. The topological polar surface area (TPSA) is 39.9 Å². The second-order valence-electron chi connectivity index (χ2n) is 4.80. The lowest BCUT2D eigenvalue weighted by Crippen LogP contribution is -2.22. The van der Waals surface area contributed by atoms with E-state index in [0.717, 1.165) is 36.3 Å². The van der Waals surface area contributed by atoms with Gasteiger partial charge in [0.2, 0.25) is 0 Å². The van der Waals surface area contributed by atoms with Gasteiger partial charge in [0.15, 0.2) is 5.65 Å². The van der Waals surface area contributed by atoms with Crippen LogP contribution in [0.15, 0.2) is 12.3 Å². The maximum absolute atomic E-state index is 6.03. The van der Waals surface area contributed by atoms with Crippen molar-refractivity contribution in [2.24, 2.45) is 0 Å². The molecule has 3 rings (SSSR count). The van der Waals surface area contributed by atoms with Crippen LogP contribution in [0, 0.1) is 0 Å². The van der Waals surface area contributed by atoms with Gasteiger partial charge in [-0.15, -0.1) is 11.6 Å². The van der Waals surface area contributed by atoms with Crippen molar-refractivity contribution in [3.05, 3.63) is 23.1 Å². The zero-order chi connectivity index (χ0) is 13.4. The van der Waals surface area contributed by atoms with E-state index in [1.54, 1.807) is 13.3 Å². The Hall–Kier alpha value is -0.840. The van der Waals surface area contributed by atoms with E-state index in [9.17, 15) is 0 Å². The van der Waals surface area contributed by atoms with Crippen LogP contribution in [0.4, 0.5) is 0 Å². The molecule has 0 aromatic carbocycles. The molecule has 0 bridgehead atoms. The summed E-state index contributed by atoms with van der Waals surface area (Å²) in [6, 6.07) is 2.09. The van der Waals surface area contributed by atoms with Gasteiger partial charge >= 0.3 is 0 Å². The smallest absolute Gasteiger partial charge is 0.160 e. The number of ether oxygens (including phenoxy) is 1. The molecule has 2 heterocycles. The third-order valence-corrected chi connectivity index (χ3v) is 4.19. The second-order valence-corrected chi connectivity index (χ2v) is 5.50. The van der Waals surface area contributed by atoms with E-state index >= 15 is 0 Å². The third-order valence-electron chi connectivity index (χ3n) is 3.74. The number of hydrogen-bond donors (Lipinski definition) is 0. The molecule has 1 aliphatic carbocycles. The maximum Gasteiger partial charge on any atom is 0.160 e. The van der Waals surface area contributed by atoms with Crippen LogP contribution in [-0.2, 0) is 10.6 Å². The summed E-state index contributed by atoms with van der Waals surface area (Å²) in [5, 5.41) is 0.591. The fourth-order valence-electron chi connectivity index (χ4n) is 2.92. The Labute approximate surface area is 121 Å². The van der Waals surface area contributed by atoms with Crippen LogP contribution in [0.25, 0.3) is 11.2 Å². The van der Waals surface area contributed by atoms with Crippen LogP contribution >= 0.6 is 23.2 Å². The van der Waals surface area contributed by atoms with Crippen LogP contribution in [0.1, 0.15) is 31.1 Å². The van der Waals surface area contributed by atoms with Gasteiger partial charge in [0.05, 0.1) is 23.0 Å². The molecule has 2 aromatic rings. The van der Waals surface area contributed by atoms with Crippen LogP contribution in [0.3, 0.4) is 0 Å². The molecule has 0 saturated heterocycles. The molecule has 2 unspecified atom stereocenters. The Bertz CT molecular complexity index is 599. The lowest BCUT2D eigenvalue weighted by Gasteiger charge is -2.21. The second kappa shape index (κ2) is 5.27. The summed E-state index contributed by atoms with van der Waals surface area (Å²) >= 11 is 12.0. The predicted octanol–water partition coefficient (Wildman–Crippen LogP) is 3.56. The molecule has 6 heteroatoms. The highest BCUT2D eigenvalue weighted by Gasteiger charge is 2.31. The Kier molecular flexibility index (Phi) is 3.65. The first kappa shape index (κ1) is 13.2. The molecular weight excluding hydrogens is 285 g/mol. The molecule has 19 heavy (non-hydrogen) atoms. The highest BCUT2D eigenvalue weighted by molar-refractivity contribution is 6.31. The number of pyridine rings is 1. The fourth-order valence-corrected chi connectivity index (χ4v) is 3.26. The third kappa shape index (κ3) is 2.22. The summed E-state index contributed by atoms with van der Waals surface area (Å²) in [6.07, 6.45) is 5.14. The van der Waals surface area contributed by atoms with Crippen LogP contribution in [-0.4, -0.2) is 27.7 Å². The van der Waals surface area contributed by atoms with Gasteiger partial charge in [-0.2, -0.15) is 0 Å². The van der Waals surface area contributed by atoms with Crippen molar-refractivity contribution < 1.29 is 4.74 Å².